The summed E-state index contributed by atoms with van der Waals surface area (Å²) in [6, 6.07) is 0. The van der Waals surface area contributed by atoms with Crippen molar-refractivity contribution in [1.82, 2.24) is 15.5 Å². The minimum atomic E-state index is -0.410. The van der Waals surface area contributed by atoms with Crippen LogP contribution in [0.3, 0.4) is 0 Å². The lowest BCUT2D eigenvalue weighted by atomic mass is 9.84. The molecule has 1 aromatic heterocycles. The average molecular weight is 317 g/mol. The number of amides is 1. The third kappa shape index (κ3) is 2.79. The number of rotatable bonds is 3. The van der Waals surface area contributed by atoms with Gasteiger partial charge in [0.05, 0.1) is 0 Å². The molecule has 3 fully saturated rings. The largest absolute Gasteiger partial charge is 0.343 e. The molecule has 23 heavy (non-hydrogen) atoms. The Hall–Kier alpha value is -1.39. The zero-order valence-corrected chi connectivity index (χ0v) is 14.0. The van der Waals surface area contributed by atoms with Crippen molar-refractivity contribution in [3.8, 4) is 0 Å². The van der Waals surface area contributed by atoms with E-state index in [4.69, 9.17) is 4.52 Å². The van der Waals surface area contributed by atoms with Gasteiger partial charge in [-0.15, -0.1) is 0 Å². The minimum absolute atomic E-state index is 0.210. The number of nitrogens with one attached hydrogen (secondary N) is 1. The van der Waals surface area contributed by atoms with Crippen molar-refractivity contribution in [2.75, 3.05) is 0 Å². The standard InChI is InChI=1S/C18H27N3O2/c1-12-19-17(21-23-12)18(8-4-2-3-5-9-18)20-16(22)15-11-13-6-7-14(15)10-13/h13-15H,2-11H2,1H3,(H,20,22)/t13-,14-,15+/m0/s1. The van der Waals surface area contributed by atoms with E-state index in [0.29, 0.717) is 17.6 Å². The molecule has 3 aliphatic rings. The summed E-state index contributed by atoms with van der Waals surface area (Å²) < 4.78 is 5.23. The first-order chi connectivity index (χ1) is 11.2. The Kier molecular flexibility index (Phi) is 3.90. The summed E-state index contributed by atoms with van der Waals surface area (Å²) in [6.45, 7) is 1.82. The van der Waals surface area contributed by atoms with Crippen LogP contribution in [0.2, 0.25) is 0 Å². The average Bonchev–Trinajstić information content (AvgIpc) is 3.23. The van der Waals surface area contributed by atoms with Crippen molar-refractivity contribution in [1.29, 1.82) is 0 Å². The predicted octanol–water partition coefficient (Wildman–Crippen LogP) is 3.48. The van der Waals surface area contributed by atoms with E-state index in [1.165, 1.54) is 32.1 Å². The molecule has 3 aliphatic carbocycles. The number of carbonyl (C=O) groups is 1. The topological polar surface area (TPSA) is 68.0 Å². The van der Waals surface area contributed by atoms with Crippen LogP contribution in [0, 0.1) is 24.7 Å². The van der Waals surface area contributed by atoms with Crippen molar-refractivity contribution < 1.29 is 9.32 Å². The molecule has 0 saturated heterocycles. The highest BCUT2D eigenvalue weighted by Gasteiger charge is 2.46. The van der Waals surface area contributed by atoms with Crippen LogP contribution in [0.4, 0.5) is 0 Å². The summed E-state index contributed by atoms with van der Waals surface area (Å²) in [5, 5.41) is 7.58. The summed E-state index contributed by atoms with van der Waals surface area (Å²) in [5.41, 5.74) is -0.410. The van der Waals surface area contributed by atoms with Crippen molar-refractivity contribution >= 4 is 5.91 Å². The molecule has 0 aliphatic heterocycles. The van der Waals surface area contributed by atoms with E-state index in [2.05, 4.69) is 15.5 Å². The first-order valence-electron chi connectivity index (χ1n) is 9.29. The van der Waals surface area contributed by atoms with Crippen molar-refractivity contribution in [2.45, 2.75) is 76.7 Å². The zero-order valence-electron chi connectivity index (χ0n) is 14.0. The van der Waals surface area contributed by atoms with E-state index in [9.17, 15) is 4.79 Å². The lowest BCUT2D eigenvalue weighted by Crippen LogP contribution is -2.49. The van der Waals surface area contributed by atoms with Gasteiger partial charge in [0.15, 0.2) is 5.82 Å². The minimum Gasteiger partial charge on any atom is -0.343 e. The Balaban J connectivity index is 1.56. The van der Waals surface area contributed by atoms with Gasteiger partial charge in [0, 0.05) is 12.8 Å². The van der Waals surface area contributed by atoms with Crippen LogP contribution in [-0.4, -0.2) is 16.0 Å². The monoisotopic (exact) mass is 317 g/mol. The second-order valence-corrected chi connectivity index (χ2v) is 7.90. The van der Waals surface area contributed by atoms with E-state index in [1.807, 2.05) is 6.92 Å². The van der Waals surface area contributed by atoms with Crippen LogP contribution in [0.15, 0.2) is 4.52 Å². The molecule has 1 N–H and O–H groups in total. The number of fused-ring (bicyclic) bond motifs is 2. The molecule has 0 radical (unpaired) electrons. The number of aryl methyl sites for hydroxylation is 1. The zero-order chi connectivity index (χ0) is 15.9. The third-order valence-electron chi connectivity index (χ3n) is 6.35. The van der Waals surface area contributed by atoms with Gasteiger partial charge in [0.2, 0.25) is 11.8 Å². The molecule has 5 nitrogen and oxygen atoms in total. The Morgan fingerprint density at radius 2 is 1.96 bits per heavy atom. The summed E-state index contributed by atoms with van der Waals surface area (Å²) in [4.78, 5) is 17.5. The van der Waals surface area contributed by atoms with E-state index < -0.39 is 5.54 Å². The van der Waals surface area contributed by atoms with Crippen LogP contribution < -0.4 is 5.32 Å². The molecule has 4 rings (SSSR count). The fourth-order valence-electron chi connectivity index (χ4n) is 5.12. The van der Waals surface area contributed by atoms with Gasteiger partial charge in [0.1, 0.15) is 5.54 Å². The fourth-order valence-corrected chi connectivity index (χ4v) is 5.12. The van der Waals surface area contributed by atoms with E-state index in [1.54, 1.807) is 0 Å². The van der Waals surface area contributed by atoms with E-state index >= 15 is 0 Å². The van der Waals surface area contributed by atoms with E-state index in [-0.39, 0.29) is 11.8 Å². The van der Waals surface area contributed by atoms with Gasteiger partial charge < -0.3 is 9.84 Å². The van der Waals surface area contributed by atoms with Gasteiger partial charge in [0.25, 0.3) is 0 Å². The number of hydrogen-bond donors (Lipinski definition) is 1. The summed E-state index contributed by atoms with van der Waals surface area (Å²) in [7, 11) is 0. The van der Waals surface area contributed by atoms with Gasteiger partial charge >= 0.3 is 0 Å². The van der Waals surface area contributed by atoms with Crippen LogP contribution >= 0.6 is 0 Å². The van der Waals surface area contributed by atoms with Crippen molar-refractivity contribution in [3.63, 3.8) is 0 Å². The summed E-state index contributed by atoms with van der Waals surface area (Å²) >= 11 is 0. The van der Waals surface area contributed by atoms with Crippen LogP contribution in [0.5, 0.6) is 0 Å². The number of hydrogen-bond acceptors (Lipinski definition) is 4. The van der Waals surface area contributed by atoms with Crippen LogP contribution in [-0.2, 0) is 10.3 Å². The lowest BCUT2D eigenvalue weighted by Gasteiger charge is -2.33. The first kappa shape index (κ1) is 15.2. The van der Waals surface area contributed by atoms with Gasteiger partial charge in [-0.2, -0.15) is 4.98 Å². The molecular formula is C18H27N3O2. The van der Waals surface area contributed by atoms with Gasteiger partial charge in [-0.05, 0) is 43.9 Å². The molecule has 0 unspecified atom stereocenters. The fraction of sp³-hybridized carbons (Fsp3) is 0.833. The summed E-state index contributed by atoms with van der Waals surface area (Å²) in [6.07, 6.45) is 11.4. The second-order valence-electron chi connectivity index (χ2n) is 7.90. The molecule has 1 amide bonds. The number of carbonyl (C=O) groups excluding carboxylic acids is 1. The maximum atomic E-state index is 13.0. The Morgan fingerprint density at radius 3 is 2.52 bits per heavy atom. The quantitative estimate of drug-likeness (QED) is 0.867. The highest BCUT2D eigenvalue weighted by molar-refractivity contribution is 5.80. The molecule has 5 heteroatoms. The van der Waals surface area contributed by atoms with Gasteiger partial charge in [-0.25, -0.2) is 0 Å². The van der Waals surface area contributed by atoms with Crippen molar-refractivity contribution in [2.24, 2.45) is 17.8 Å². The normalized spacial score (nSPS) is 32.7. The second kappa shape index (κ2) is 5.91. The molecule has 0 aromatic carbocycles. The molecule has 2 bridgehead atoms. The predicted molar refractivity (Wildman–Crippen MR) is 85.5 cm³/mol. The van der Waals surface area contributed by atoms with E-state index in [0.717, 1.165) is 38.0 Å². The lowest BCUT2D eigenvalue weighted by molar-refractivity contribution is -0.129. The van der Waals surface area contributed by atoms with Gasteiger partial charge in [-0.3, -0.25) is 4.79 Å². The van der Waals surface area contributed by atoms with Crippen LogP contribution in [0.25, 0.3) is 0 Å². The highest BCUT2D eigenvalue weighted by atomic mass is 16.5. The smallest absolute Gasteiger partial charge is 0.224 e. The maximum absolute atomic E-state index is 13.0. The maximum Gasteiger partial charge on any atom is 0.224 e. The Bertz CT molecular complexity index is 575. The number of nitrogens with zero attached hydrogens (tertiary/aromatic N) is 2. The first-order valence-corrected chi connectivity index (χ1v) is 9.29. The third-order valence-corrected chi connectivity index (χ3v) is 6.35. The molecular weight excluding hydrogens is 290 g/mol. The van der Waals surface area contributed by atoms with Gasteiger partial charge in [-0.1, -0.05) is 37.3 Å². The molecule has 126 valence electrons. The number of aromatic nitrogens is 2. The highest BCUT2D eigenvalue weighted by Crippen LogP contribution is 2.49. The Labute approximate surface area is 137 Å². The molecule has 3 atom stereocenters. The van der Waals surface area contributed by atoms with Crippen LogP contribution in [0.1, 0.15) is 75.9 Å². The Morgan fingerprint density at radius 1 is 1.17 bits per heavy atom. The SMILES string of the molecule is Cc1nc(C2(NC(=O)[C@@H]3C[C@H]4CC[C@H]3C4)CCCCCC2)no1. The molecule has 0 spiro atoms. The molecule has 1 aromatic rings. The molecule has 1 heterocycles. The van der Waals surface area contributed by atoms with Crippen molar-refractivity contribution in [3.05, 3.63) is 11.7 Å². The molecule has 3 saturated carbocycles. The summed E-state index contributed by atoms with van der Waals surface area (Å²) in [5.74, 6) is 3.11.